The maximum atomic E-state index is 11.2. The van der Waals surface area contributed by atoms with E-state index in [-0.39, 0.29) is 5.78 Å². The standard InChI is InChI=1S/C13H18O2S/c1-4-16-8-7-15-13-6-5-12(11(3)14)9-10(13)2/h5-6,9H,4,7-8H2,1-3H3. The highest BCUT2D eigenvalue weighted by molar-refractivity contribution is 7.99. The Morgan fingerprint density at radius 1 is 1.44 bits per heavy atom. The highest BCUT2D eigenvalue weighted by atomic mass is 32.2. The Labute approximate surface area is 101 Å². The number of aryl methyl sites for hydroxylation is 1. The molecule has 0 aliphatic carbocycles. The summed E-state index contributed by atoms with van der Waals surface area (Å²) >= 11 is 1.86. The SMILES string of the molecule is CCSCCOc1ccc(C(C)=O)cc1C. The minimum Gasteiger partial charge on any atom is -0.492 e. The van der Waals surface area contributed by atoms with E-state index in [0.29, 0.717) is 0 Å². The van der Waals surface area contributed by atoms with Crippen molar-refractivity contribution >= 4 is 17.5 Å². The zero-order chi connectivity index (χ0) is 12.0. The summed E-state index contributed by atoms with van der Waals surface area (Å²) in [7, 11) is 0. The Morgan fingerprint density at radius 3 is 2.75 bits per heavy atom. The monoisotopic (exact) mass is 238 g/mol. The Morgan fingerprint density at radius 2 is 2.19 bits per heavy atom. The fourth-order valence-corrected chi connectivity index (χ4v) is 1.88. The van der Waals surface area contributed by atoms with E-state index in [1.165, 1.54) is 0 Å². The predicted molar refractivity (Wildman–Crippen MR) is 69.7 cm³/mol. The molecule has 0 amide bonds. The number of Topliss-reactive ketones (excluding diaryl/α,β-unsaturated/α-hetero) is 1. The lowest BCUT2D eigenvalue weighted by Crippen LogP contribution is -2.02. The molecule has 0 atom stereocenters. The number of benzene rings is 1. The van der Waals surface area contributed by atoms with Gasteiger partial charge in [0.1, 0.15) is 5.75 Å². The van der Waals surface area contributed by atoms with Crippen LogP contribution in [-0.4, -0.2) is 23.9 Å². The van der Waals surface area contributed by atoms with E-state index in [4.69, 9.17) is 4.74 Å². The molecule has 0 N–H and O–H groups in total. The lowest BCUT2D eigenvalue weighted by Gasteiger charge is -2.09. The summed E-state index contributed by atoms with van der Waals surface area (Å²) in [5, 5.41) is 0. The van der Waals surface area contributed by atoms with Gasteiger partial charge in [0.15, 0.2) is 5.78 Å². The number of ether oxygens (including phenoxy) is 1. The molecule has 1 aromatic rings. The maximum absolute atomic E-state index is 11.2. The normalized spacial score (nSPS) is 10.2. The highest BCUT2D eigenvalue weighted by Crippen LogP contribution is 2.19. The molecule has 16 heavy (non-hydrogen) atoms. The number of thioether (sulfide) groups is 1. The summed E-state index contributed by atoms with van der Waals surface area (Å²) in [6, 6.07) is 5.57. The first-order valence-electron chi connectivity index (χ1n) is 5.47. The third kappa shape index (κ3) is 3.89. The van der Waals surface area contributed by atoms with Gasteiger partial charge in [-0.2, -0.15) is 11.8 Å². The molecule has 0 aromatic heterocycles. The van der Waals surface area contributed by atoms with Gasteiger partial charge in [-0.25, -0.2) is 0 Å². The van der Waals surface area contributed by atoms with E-state index >= 15 is 0 Å². The van der Waals surface area contributed by atoms with Crippen molar-refractivity contribution in [3.63, 3.8) is 0 Å². The van der Waals surface area contributed by atoms with Gasteiger partial charge in [-0.3, -0.25) is 4.79 Å². The Kier molecular flexibility index (Phi) is 5.39. The first-order valence-corrected chi connectivity index (χ1v) is 6.62. The number of hydrogen-bond donors (Lipinski definition) is 0. The van der Waals surface area contributed by atoms with Gasteiger partial charge >= 0.3 is 0 Å². The van der Waals surface area contributed by atoms with Crippen LogP contribution in [0, 0.1) is 6.92 Å². The summed E-state index contributed by atoms with van der Waals surface area (Å²) < 4.78 is 5.64. The van der Waals surface area contributed by atoms with Gasteiger partial charge in [-0.1, -0.05) is 6.92 Å². The first kappa shape index (κ1) is 13.1. The largest absolute Gasteiger partial charge is 0.492 e. The minimum atomic E-state index is 0.0937. The van der Waals surface area contributed by atoms with Crippen LogP contribution in [0.4, 0.5) is 0 Å². The molecule has 88 valence electrons. The fraction of sp³-hybridized carbons (Fsp3) is 0.462. The summed E-state index contributed by atoms with van der Waals surface area (Å²) in [6.07, 6.45) is 0. The van der Waals surface area contributed by atoms with Crippen molar-refractivity contribution in [3.8, 4) is 5.75 Å². The Bertz CT molecular complexity index is 361. The molecule has 0 heterocycles. The number of carbonyl (C=O) groups is 1. The fourth-order valence-electron chi connectivity index (χ4n) is 1.39. The molecule has 0 aliphatic heterocycles. The van der Waals surface area contributed by atoms with Crippen LogP contribution in [0.3, 0.4) is 0 Å². The van der Waals surface area contributed by atoms with E-state index in [9.17, 15) is 4.79 Å². The molecule has 0 saturated carbocycles. The lowest BCUT2D eigenvalue weighted by molar-refractivity contribution is 0.101. The smallest absolute Gasteiger partial charge is 0.159 e. The van der Waals surface area contributed by atoms with Crippen LogP contribution >= 0.6 is 11.8 Å². The zero-order valence-corrected chi connectivity index (χ0v) is 10.9. The van der Waals surface area contributed by atoms with Crippen LogP contribution in [0.2, 0.25) is 0 Å². The number of hydrogen-bond acceptors (Lipinski definition) is 3. The molecule has 0 radical (unpaired) electrons. The quantitative estimate of drug-likeness (QED) is 0.561. The zero-order valence-electron chi connectivity index (χ0n) is 10.1. The molecule has 3 heteroatoms. The predicted octanol–water partition coefficient (Wildman–Crippen LogP) is 3.33. The second-order valence-corrected chi connectivity index (χ2v) is 4.98. The van der Waals surface area contributed by atoms with Gasteiger partial charge in [-0.15, -0.1) is 0 Å². The van der Waals surface area contributed by atoms with Gasteiger partial charge in [-0.05, 0) is 43.4 Å². The minimum absolute atomic E-state index is 0.0937. The van der Waals surface area contributed by atoms with Crippen molar-refractivity contribution < 1.29 is 9.53 Å². The Hall–Kier alpha value is -0.960. The average molecular weight is 238 g/mol. The number of ketones is 1. The molecule has 1 aromatic carbocycles. The molecule has 0 fully saturated rings. The number of carbonyl (C=O) groups excluding carboxylic acids is 1. The van der Waals surface area contributed by atoms with Crippen molar-refractivity contribution in [3.05, 3.63) is 29.3 Å². The molecule has 1 rings (SSSR count). The second-order valence-electron chi connectivity index (χ2n) is 3.58. The van der Waals surface area contributed by atoms with E-state index < -0.39 is 0 Å². The summed E-state index contributed by atoms with van der Waals surface area (Å²) in [6.45, 7) is 6.40. The van der Waals surface area contributed by atoms with E-state index in [0.717, 1.165) is 35.0 Å². The van der Waals surface area contributed by atoms with Crippen LogP contribution < -0.4 is 4.74 Å². The second kappa shape index (κ2) is 6.59. The maximum Gasteiger partial charge on any atom is 0.159 e. The van der Waals surface area contributed by atoms with Gasteiger partial charge in [0, 0.05) is 11.3 Å². The highest BCUT2D eigenvalue weighted by Gasteiger charge is 2.04. The van der Waals surface area contributed by atoms with E-state index in [2.05, 4.69) is 6.92 Å². The van der Waals surface area contributed by atoms with Gasteiger partial charge in [0.2, 0.25) is 0 Å². The molecule has 0 aliphatic rings. The van der Waals surface area contributed by atoms with E-state index in [1.54, 1.807) is 6.92 Å². The Balaban J connectivity index is 2.57. The topological polar surface area (TPSA) is 26.3 Å². The molecule has 2 nitrogen and oxygen atoms in total. The van der Waals surface area contributed by atoms with Crippen LogP contribution in [0.1, 0.15) is 29.8 Å². The average Bonchev–Trinajstić information content (AvgIpc) is 2.26. The van der Waals surface area contributed by atoms with E-state index in [1.807, 2.05) is 36.9 Å². The van der Waals surface area contributed by atoms with Gasteiger partial charge < -0.3 is 4.74 Å². The third-order valence-electron chi connectivity index (χ3n) is 2.27. The van der Waals surface area contributed by atoms with Crippen LogP contribution in [0.15, 0.2) is 18.2 Å². The van der Waals surface area contributed by atoms with Gasteiger partial charge in [0.05, 0.1) is 6.61 Å². The van der Waals surface area contributed by atoms with Crippen LogP contribution in [0.25, 0.3) is 0 Å². The number of rotatable bonds is 6. The molecule has 0 spiro atoms. The first-order chi connectivity index (χ1) is 7.65. The molecule has 0 unspecified atom stereocenters. The van der Waals surface area contributed by atoms with Crippen molar-refractivity contribution in [1.29, 1.82) is 0 Å². The summed E-state index contributed by atoms with van der Waals surface area (Å²) in [4.78, 5) is 11.2. The summed E-state index contributed by atoms with van der Waals surface area (Å²) in [5.41, 5.74) is 1.77. The van der Waals surface area contributed by atoms with Crippen molar-refractivity contribution in [2.24, 2.45) is 0 Å². The molecular formula is C13H18O2S. The van der Waals surface area contributed by atoms with Crippen LogP contribution in [0.5, 0.6) is 5.75 Å². The molecule has 0 saturated heterocycles. The van der Waals surface area contributed by atoms with Crippen LogP contribution in [-0.2, 0) is 0 Å². The lowest BCUT2D eigenvalue weighted by atomic mass is 10.1. The molecule has 0 bridgehead atoms. The van der Waals surface area contributed by atoms with Crippen molar-refractivity contribution in [1.82, 2.24) is 0 Å². The van der Waals surface area contributed by atoms with Crippen molar-refractivity contribution in [2.75, 3.05) is 18.1 Å². The van der Waals surface area contributed by atoms with Gasteiger partial charge in [0.25, 0.3) is 0 Å². The summed E-state index contributed by atoms with van der Waals surface area (Å²) in [5.74, 6) is 3.09. The molecular weight excluding hydrogens is 220 g/mol. The third-order valence-corrected chi connectivity index (χ3v) is 3.13. The van der Waals surface area contributed by atoms with Crippen molar-refractivity contribution in [2.45, 2.75) is 20.8 Å².